The van der Waals surface area contributed by atoms with Crippen molar-refractivity contribution in [3.63, 3.8) is 0 Å². The lowest BCUT2D eigenvalue weighted by molar-refractivity contribution is 0.624. The molecule has 2 heterocycles. The molecule has 0 saturated heterocycles. The normalized spacial score (nSPS) is 10.9. The molecular formula is C11H11ClFN3S. The third kappa shape index (κ3) is 2.05. The van der Waals surface area contributed by atoms with Crippen LogP contribution in [-0.4, -0.2) is 21.0 Å². The number of pyridine rings is 1. The number of halogens is 2. The minimum Gasteiger partial charge on any atom is -0.261 e. The lowest BCUT2D eigenvalue weighted by Gasteiger charge is -2.01. The molecule has 2 rings (SSSR count). The molecule has 3 nitrogen and oxygen atoms in total. The van der Waals surface area contributed by atoms with E-state index in [0.29, 0.717) is 5.69 Å². The van der Waals surface area contributed by atoms with Crippen LogP contribution >= 0.6 is 23.4 Å². The molecule has 0 unspecified atom stereocenters. The minimum atomic E-state index is -0.525. The van der Waals surface area contributed by atoms with Crippen LogP contribution in [0.15, 0.2) is 17.3 Å². The molecule has 0 N–H and O–H groups in total. The van der Waals surface area contributed by atoms with Gasteiger partial charge in [0.05, 0.1) is 10.0 Å². The summed E-state index contributed by atoms with van der Waals surface area (Å²) >= 11 is 7.31. The summed E-state index contributed by atoms with van der Waals surface area (Å²) in [5.74, 6) is -0.525. The van der Waals surface area contributed by atoms with E-state index >= 15 is 0 Å². The van der Waals surface area contributed by atoms with Crippen LogP contribution < -0.4 is 0 Å². The molecule has 2 aromatic rings. The number of aryl methyl sites for hydroxylation is 1. The van der Waals surface area contributed by atoms with Crippen LogP contribution in [0.3, 0.4) is 0 Å². The summed E-state index contributed by atoms with van der Waals surface area (Å²) in [5, 5.41) is 5.34. The lowest BCUT2D eigenvalue weighted by atomic mass is 10.2. The third-order valence-corrected chi connectivity index (χ3v) is 3.73. The maximum absolute atomic E-state index is 13.9. The van der Waals surface area contributed by atoms with Gasteiger partial charge in [0, 0.05) is 18.8 Å². The van der Waals surface area contributed by atoms with Crippen molar-refractivity contribution in [1.82, 2.24) is 14.8 Å². The second-order valence-electron chi connectivity index (χ2n) is 3.56. The first kappa shape index (κ1) is 12.4. The Hall–Kier alpha value is -1.07. The van der Waals surface area contributed by atoms with Crippen LogP contribution in [-0.2, 0) is 7.05 Å². The first-order valence-electron chi connectivity index (χ1n) is 4.94. The molecule has 0 radical (unpaired) electrons. The van der Waals surface area contributed by atoms with E-state index in [1.54, 1.807) is 16.4 Å². The smallest absolute Gasteiger partial charge is 0.169 e. The number of rotatable bonds is 2. The lowest BCUT2D eigenvalue weighted by Crippen LogP contribution is -1.94. The fourth-order valence-corrected chi connectivity index (χ4v) is 2.56. The second-order valence-corrected chi connectivity index (χ2v) is 4.76. The molecule has 90 valence electrons. The summed E-state index contributed by atoms with van der Waals surface area (Å²) in [5.41, 5.74) is 1.65. The molecule has 0 amide bonds. The van der Waals surface area contributed by atoms with Crippen molar-refractivity contribution in [3.8, 4) is 11.4 Å². The Morgan fingerprint density at radius 2 is 2.12 bits per heavy atom. The molecule has 0 aliphatic rings. The van der Waals surface area contributed by atoms with Gasteiger partial charge in [-0.05, 0) is 19.2 Å². The minimum absolute atomic E-state index is 0.0609. The molecule has 0 aliphatic carbocycles. The fourth-order valence-electron chi connectivity index (χ4n) is 1.71. The highest BCUT2D eigenvalue weighted by Gasteiger charge is 2.18. The van der Waals surface area contributed by atoms with E-state index in [4.69, 9.17) is 11.6 Å². The van der Waals surface area contributed by atoms with Gasteiger partial charge in [0.25, 0.3) is 0 Å². The van der Waals surface area contributed by atoms with E-state index in [-0.39, 0.29) is 10.7 Å². The number of thioether (sulfide) groups is 1. The third-order valence-electron chi connectivity index (χ3n) is 2.48. The van der Waals surface area contributed by atoms with Crippen LogP contribution in [0.4, 0.5) is 4.39 Å². The van der Waals surface area contributed by atoms with E-state index in [1.807, 2.05) is 20.2 Å². The topological polar surface area (TPSA) is 30.7 Å². The zero-order chi connectivity index (χ0) is 12.6. The predicted molar refractivity (Wildman–Crippen MR) is 67.9 cm³/mol. The molecule has 0 fully saturated rings. The fraction of sp³-hybridized carbons (Fsp3) is 0.273. The van der Waals surface area contributed by atoms with Gasteiger partial charge in [-0.3, -0.25) is 9.67 Å². The van der Waals surface area contributed by atoms with Crippen LogP contribution in [0.1, 0.15) is 5.56 Å². The Balaban J connectivity index is 2.65. The summed E-state index contributed by atoms with van der Waals surface area (Å²) in [6, 6.07) is 1.42. The molecule has 17 heavy (non-hydrogen) atoms. The van der Waals surface area contributed by atoms with E-state index < -0.39 is 5.82 Å². The summed E-state index contributed by atoms with van der Waals surface area (Å²) in [6.45, 7) is 1.90. The van der Waals surface area contributed by atoms with Crippen molar-refractivity contribution >= 4 is 23.4 Å². The molecular weight excluding hydrogens is 261 g/mol. The predicted octanol–water partition coefficient (Wildman–Crippen LogP) is 3.30. The van der Waals surface area contributed by atoms with Crippen LogP contribution in [0, 0.1) is 12.7 Å². The van der Waals surface area contributed by atoms with Gasteiger partial charge in [-0.1, -0.05) is 11.6 Å². The van der Waals surface area contributed by atoms with Gasteiger partial charge in [-0.15, -0.1) is 11.8 Å². The van der Waals surface area contributed by atoms with Crippen LogP contribution in [0.5, 0.6) is 0 Å². The van der Waals surface area contributed by atoms with E-state index in [0.717, 1.165) is 10.6 Å². The Labute approximate surface area is 108 Å². The first-order chi connectivity index (χ1) is 8.06. The summed E-state index contributed by atoms with van der Waals surface area (Å²) in [7, 11) is 1.82. The van der Waals surface area contributed by atoms with Gasteiger partial charge in [0.2, 0.25) is 0 Å². The quantitative estimate of drug-likeness (QED) is 0.785. The largest absolute Gasteiger partial charge is 0.261 e. The van der Waals surface area contributed by atoms with Gasteiger partial charge in [-0.2, -0.15) is 5.10 Å². The summed E-state index contributed by atoms with van der Waals surface area (Å²) in [4.78, 5) is 4.01. The molecule has 2 aromatic heterocycles. The zero-order valence-corrected chi connectivity index (χ0v) is 11.2. The number of hydrogen-bond donors (Lipinski definition) is 0. The molecule has 0 bridgehead atoms. The highest BCUT2D eigenvalue weighted by Crippen LogP contribution is 2.31. The second kappa shape index (κ2) is 4.66. The van der Waals surface area contributed by atoms with Crippen molar-refractivity contribution in [2.75, 3.05) is 6.26 Å². The van der Waals surface area contributed by atoms with Gasteiger partial charge in [-0.25, -0.2) is 4.39 Å². The SMILES string of the molecule is CSc1c(C)c(-c2nccc(Cl)c2F)nn1C. The average Bonchev–Trinajstić information content (AvgIpc) is 2.58. The van der Waals surface area contributed by atoms with Crippen LogP contribution in [0.2, 0.25) is 5.02 Å². The molecule has 0 aromatic carbocycles. The Morgan fingerprint density at radius 1 is 1.41 bits per heavy atom. The standard InChI is InChI=1S/C11H11ClFN3S/c1-6-9(15-16(2)11(6)17-3)10-8(13)7(12)4-5-14-10/h4-5H,1-3H3. The van der Waals surface area contributed by atoms with Gasteiger partial charge >= 0.3 is 0 Å². The Kier molecular flexibility index (Phi) is 3.40. The monoisotopic (exact) mass is 271 g/mol. The maximum atomic E-state index is 13.9. The summed E-state index contributed by atoms with van der Waals surface area (Å²) < 4.78 is 15.6. The van der Waals surface area contributed by atoms with Gasteiger partial charge in [0.1, 0.15) is 11.4 Å². The van der Waals surface area contributed by atoms with Crippen molar-refractivity contribution in [2.45, 2.75) is 11.9 Å². The Bertz CT molecular complexity index is 568. The van der Waals surface area contributed by atoms with Crippen molar-refractivity contribution in [2.24, 2.45) is 7.05 Å². The van der Waals surface area contributed by atoms with E-state index in [2.05, 4.69) is 10.1 Å². The average molecular weight is 272 g/mol. The molecule has 0 aliphatic heterocycles. The van der Waals surface area contributed by atoms with Crippen molar-refractivity contribution in [3.05, 3.63) is 28.7 Å². The highest BCUT2D eigenvalue weighted by atomic mass is 35.5. The summed E-state index contributed by atoms with van der Waals surface area (Å²) in [6.07, 6.45) is 3.43. The van der Waals surface area contributed by atoms with Gasteiger partial charge < -0.3 is 0 Å². The van der Waals surface area contributed by atoms with E-state index in [1.165, 1.54) is 12.3 Å². The van der Waals surface area contributed by atoms with Crippen LogP contribution in [0.25, 0.3) is 11.4 Å². The highest BCUT2D eigenvalue weighted by molar-refractivity contribution is 7.98. The van der Waals surface area contributed by atoms with Crippen molar-refractivity contribution < 1.29 is 4.39 Å². The molecule has 6 heteroatoms. The first-order valence-corrected chi connectivity index (χ1v) is 6.54. The number of nitrogens with zero attached hydrogens (tertiary/aromatic N) is 3. The Morgan fingerprint density at radius 3 is 2.71 bits per heavy atom. The van der Waals surface area contributed by atoms with Gasteiger partial charge in [0.15, 0.2) is 5.82 Å². The van der Waals surface area contributed by atoms with Crippen molar-refractivity contribution in [1.29, 1.82) is 0 Å². The molecule has 0 atom stereocenters. The zero-order valence-electron chi connectivity index (χ0n) is 9.66. The maximum Gasteiger partial charge on any atom is 0.169 e. The molecule has 0 spiro atoms. The number of aromatic nitrogens is 3. The number of hydrogen-bond acceptors (Lipinski definition) is 3. The molecule has 0 saturated carbocycles. The van der Waals surface area contributed by atoms with E-state index in [9.17, 15) is 4.39 Å².